The maximum Gasteiger partial charge on any atom is 0.224 e. The summed E-state index contributed by atoms with van der Waals surface area (Å²) in [7, 11) is 1.65. The van der Waals surface area contributed by atoms with E-state index in [2.05, 4.69) is 15.3 Å². The summed E-state index contributed by atoms with van der Waals surface area (Å²) in [5.74, 6) is 0.574. The van der Waals surface area contributed by atoms with Crippen molar-refractivity contribution in [3.8, 4) is 0 Å². The molecule has 1 aromatic heterocycles. The van der Waals surface area contributed by atoms with Crippen molar-refractivity contribution in [2.45, 2.75) is 13.3 Å². The molecular weight excluding hydrogens is 256 g/mol. The molecule has 0 aliphatic heterocycles. The summed E-state index contributed by atoms with van der Waals surface area (Å²) in [4.78, 5) is 8.00. The molecule has 18 heavy (non-hydrogen) atoms. The second kappa shape index (κ2) is 8.07. The Morgan fingerprint density at radius 1 is 1.28 bits per heavy atom. The van der Waals surface area contributed by atoms with Gasteiger partial charge in [0.05, 0.1) is 24.6 Å². The number of nitrogen functional groups attached to an aromatic ring is 1. The molecule has 1 rings (SSSR count). The summed E-state index contributed by atoms with van der Waals surface area (Å²) in [6.45, 7) is 4.39. The molecule has 0 bridgehead atoms. The second-order valence-electron chi connectivity index (χ2n) is 3.73. The van der Waals surface area contributed by atoms with Crippen LogP contribution in [0, 0.1) is 6.92 Å². The molecule has 0 saturated heterocycles. The Morgan fingerprint density at radius 3 is 2.78 bits per heavy atom. The molecule has 0 fully saturated rings. The summed E-state index contributed by atoms with van der Waals surface area (Å²) < 4.78 is 10.2. The van der Waals surface area contributed by atoms with Crippen molar-refractivity contribution < 1.29 is 9.47 Å². The number of ether oxygens (including phenoxy) is 2. The van der Waals surface area contributed by atoms with Crippen LogP contribution >= 0.6 is 11.6 Å². The van der Waals surface area contributed by atoms with Gasteiger partial charge >= 0.3 is 0 Å². The van der Waals surface area contributed by atoms with Gasteiger partial charge in [0.25, 0.3) is 0 Å². The molecule has 0 aromatic carbocycles. The maximum absolute atomic E-state index is 5.84. The van der Waals surface area contributed by atoms with Gasteiger partial charge in [-0.2, -0.15) is 4.98 Å². The van der Waals surface area contributed by atoms with Crippen LogP contribution in [-0.2, 0) is 9.47 Å². The highest BCUT2D eigenvalue weighted by molar-refractivity contribution is 6.28. The van der Waals surface area contributed by atoms with Crippen LogP contribution in [0.25, 0.3) is 0 Å². The number of nitrogens with one attached hydrogen (secondary N) is 1. The molecule has 6 nitrogen and oxygen atoms in total. The average Bonchev–Trinajstić information content (AvgIpc) is 2.33. The lowest BCUT2D eigenvalue weighted by Crippen LogP contribution is -2.11. The van der Waals surface area contributed by atoms with Crippen LogP contribution < -0.4 is 11.1 Å². The summed E-state index contributed by atoms with van der Waals surface area (Å²) in [6, 6.07) is 0. The predicted molar refractivity (Wildman–Crippen MR) is 72.0 cm³/mol. The first-order valence-electron chi connectivity index (χ1n) is 5.75. The Hall–Kier alpha value is -1.11. The van der Waals surface area contributed by atoms with Gasteiger partial charge in [0.2, 0.25) is 5.28 Å². The Labute approximate surface area is 112 Å². The van der Waals surface area contributed by atoms with E-state index in [0.29, 0.717) is 43.6 Å². The molecule has 0 radical (unpaired) electrons. The fourth-order valence-electron chi connectivity index (χ4n) is 1.31. The molecule has 0 unspecified atom stereocenters. The zero-order valence-electron chi connectivity index (χ0n) is 10.7. The normalized spacial score (nSPS) is 10.6. The second-order valence-corrected chi connectivity index (χ2v) is 4.06. The van der Waals surface area contributed by atoms with Crippen LogP contribution in [0.4, 0.5) is 11.5 Å². The number of methoxy groups -OCH3 is 1. The summed E-state index contributed by atoms with van der Waals surface area (Å²) in [6.07, 6.45) is 0.851. The molecule has 7 heteroatoms. The van der Waals surface area contributed by atoms with Gasteiger partial charge in [-0.05, 0) is 24.9 Å². The Morgan fingerprint density at radius 2 is 2.06 bits per heavy atom. The van der Waals surface area contributed by atoms with Crippen molar-refractivity contribution in [2.75, 3.05) is 44.5 Å². The van der Waals surface area contributed by atoms with E-state index in [-0.39, 0.29) is 5.28 Å². The molecule has 1 aromatic rings. The highest BCUT2D eigenvalue weighted by atomic mass is 35.5. The molecule has 0 aliphatic carbocycles. The number of aryl methyl sites for hydroxylation is 1. The first-order valence-corrected chi connectivity index (χ1v) is 6.13. The maximum atomic E-state index is 5.84. The van der Waals surface area contributed by atoms with Crippen molar-refractivity contribution in [1.82, 2.24) is 9.97 Å². The minimum atomic E-state index is 0.195. The van der Waals surface area contributed by atoms with E-state index in [1.54, 1.807) is 14.0 Å². The van der Waals surface area contributed by atoms with Crippen molar-refractivity contribution in [2.24, 2.45) is 0 Å². The fraction of sp³-hybridized carbons (Fsp3) is 0.636. The highest BCUT2D eigenvalue weighted by Crippen LogP contribution is 2.20. The van der Waals surface area contributed by atoms with Gasteiger partial charge in [0.15, 0.2) is 5.82 Å². The largest absolute Gasteiger partial charge is 0.394 e. The van der Waals surface area contributed by atoms with Crippen molar-refractivity contribution in [3.63, 3.8) is 0 Å². The number of aromatic nitrogens is 2. The molecule has 0 aliphatic rings. The molecular formula is C11H19ClN4O2. The lowest BCUT2D eigenvalue weighted by molar-refractivity contribution is 0.0705. The standard InChI is InChI=1S/C11H19ClN4O2/c1-8-9(13)10(16-11(12)15-8)14-4-3-5-18-7-6-17-2/h3-7,13H2,1-2H3,(H,14,15,16). The topological polar surface area (TPSA) is 82.3 Å². The quantitative estimate of drug-likeness (QED) is 0.552. The predicted octanol–water partition coefficient (Wildman–Crippen LogP) is 1.49. The minimum absolute atomic E-state index is 0.195. The monoisotopic (exact) mass is 274 g/mol. The van der Waals surface area contributed by atoms with Crippen LogP contribution in [-0.4, -0.2) is 43.4 Å². The fourth-order valence-corrected chi connectivity index (χ4v) is 1.52. The molecule has 1 heterocycles. The minimum Gasteiger partial charge on any atom is -0.394 e. The third-order valence-electron chi connectivity index (χ3n) is 2.30. The SMILES string of the molecule is COCCOCCCNc1nc(Cl)nc(C)c1N. The number of rotatable bonds is 8. The third kappa shape index (κ3) is 5.03. The lowest BCUT2D eigenvalue weighted by atomic mass is 10.3. The van der Waals surface area contributed by atoms with Gasteiger partial charge in [-0.3, -0.25) is 0 Å². The van der Waals surface area contributed by atoms with Crippen molar-refractivity contribution >= 4 is 23.1 Å². The summed E-state index contributed by atoms with van der Waals surface area (Å²) in [5.41, 5.74) is 7.04. The zero-order valence-corrected chi connectivity index (χ0v) is 11.5. The van der Waals surface area contributed by atoms with Crippen LogP contribution in [0.15, 0.2) is 0 Å². The number of nitrogens with zero attached hydrogens (tertiary/aromatic N) is 2. The summed E-state index contributed by atoms with van der Waals surface area (Å²) in [5, 5.41) is 3.31. The molecule has 0 atom stereocenters. The molecule has 0 amide bonds. The number of halogens is 1. The number of hydrogen-bond acceptors (Lipinski definition) is 6. The molecule has 0 spiro atoms. The van der Waals surface area contributed by atoms with Crippen molar-refractivity contribution in [3.05, 3.63) is 11.0 Å². The lowest BCUT2D eigenvalue weighted by Gasteiger charge is -2.10. The zero-order chi connectivity index (χ0) is 13.4. The number of anilines is 2. The first kappa shape index (κ1) is 14.9. The van der Waals surface area contributed by atoms with Gasteiger partial charge in [0.1, 0.15) is 0 Å². The molecule has 102 valence electrons. The van der Waals surface area contributed by atoms with E-state index < -0.39 is 0 Å². The van der Waals surface area contributed by atoms with E-state index in [0.717, 1.165) is 6.42 Å². The van der Waals surface area contributed by atoms with Crippen molar-refractivity contribution in [1.29, 1.82) is 0 Å². The van der Waals surface area contributed by atoms with Crippen LogP contribution in [0.3, 0.4) is 0 Å². The average molecular weight is 275 g/mol. The highest BCUT2D eigenvalue weighted by Gasteiger charge is 2.06. The van der Waals surface area contributed by atoms with Gasteiger partial charge < -0.3 is 20.5 Å². The van der Waals surface area contributed by atoms with E-state index in [4.69, 9.17) is 26.8 Å². The van der Waals surface area contributed by atoms with Crippen LogP contribution in [0.1, 0.15) is 12.1 Å². The molecule has 0 saturated carbocycles. The first-order chi connectivity index (χ1) is 8.65. The van der Waals surface area contributed by atoms with Crippen LogP contribution in [0.5, 0.6) is 0 Å². The van der Waals surface area contributed by atoms with Gasteiger partial charge in [-0.1, -0.05) is 0 Å². The Balaban J connectivity index is 2.27. The smallest absolute Gasteiger partial charge is 0.224 e. The van der Waals surface area contributed by atoms with Gasteiger partial charge in [-0.25, -0.2) is 4.98 Å². The van der Waals surface area contributed by atoms with Gasteiger partial charge in [0, 0.05) is 20.3 Å². The number of nitrogens with two attached hydrogens (primary N) is 1. The summed E-state index contributed by atoms with van der Waals surface area (Å²) >= 11 is 5.76. The third-order valence-corrected chi connectivity index (χ3v) is 2.47. The van der Waals surface area contributed by atoms with E-state index in [1.807, 2.05) is 0 Å². The van der Waals surface area contributed by atoms with E-state index >= 15 is 0 Å². The van der Waals surface area contributed by atoms with E-state index in [1.165, 1.54) is 0 Å². The molecule has 3 N–H and O–H groups in total. The Bertz CT molecular complexity index is 376. The Kier molecular flexibility index (Phi) is 6.70. The van der Waals surface area contributed by atoms with E-state index in [9.17, 15) is 0 Å². The van der Waals surface area contributed by atoms with Gasteiger partial charge in [-0.15, -0.1) is 0 Å². The number of hydrogen-bond donors (Lipinski definition) is 2. The van der Waals surface area contributed by atoms with Crippen LogP contribution in [0.2, 0.25) is 5.28 Å².